The Morgan fingerprint density at radius 3 is 1.45 bits per heavy atom. The van der Waals surface area contributed by atoms with E-state index in [-0.39, 0.29) is 13.1 Å². The minimum absolute atomic E-state index is 0.249. The van der Waals surface area contributed by atoms with Crippen molar-refractivity contribution < 1.29 is 19.8 Å². The molecule has 2 aromatic rings. The largest absolute Gasteiger partial charge is 0.480 e. The maximum Gasteiger partial charge on any atom is 0.332 e. The third-order valence-corrected chi connectivity index (χ3v) is 3.29. The Bertz CT molecular complexity index is 572. The molecule has 0 unspecified atom stereocenters. The van der Waals surface area contributed by atoms with Gasteiger partial charge < -0.3 is 10.2 Å². The van der Waals surface area contributed by atoms with Crippen molar-refractivity contribution in [1.82, 2.24) is 4.90 Å². The zero-order chi connectivity index (χ0) is 15.9. The zero-order valence-corrected chi connectivity index (χ0v) is 11.9. The second-order valence-electron chi connectivity index (χ2n) is 4.96. The van der Waals surface area contributed by atoms with Gasteiger partial charge in [-0.15, -0.1) is 0 Å². The van der Waals surface area contributed by atoms with E-state index in [9.17, 15) is 19.8 Å². The lowest BCUT2D eigenvalue weighted by Gasteiger charge is -2.26. The van der Waals surface area contributed by atoms with Crippen LogP contribution in [0.5, 0.6) is 0 Å². The van der Waals surface area contributed by atoms with Crippen molar-refractivity contribution in [3.63, 3.8) is 0 Å². The maximum absolute atomic E-state index is 11.3. The van der Waals surface area contributed by atoms with Crippen LogP contribution in [-0.4, -0.2) is 33.1 Å². The van der Waals surface area contributed by atoms with Crippen LogP contribution >= 0.6 is 0 Å². The molecule has 0 spiro atoms. The molecule has 0 bridgehead atoms. The molecular formula is C17H17NO4. The Labute approximate surface area is 128 Å². The van der Waals surface area contributed by atoms with Gasteiger partial charge in [0.2, 0.25) is 6.04 Å². The first-order valence-electron chi connectivity index (χ1n) is 6.85. The Kier molecular flexibility index (Phi) is 5.27. The van der Waals surface area contributed by atoms with Gasteiger partial charge in [-0.2, -0.15) is 0 Å². The summed E-state index contributed by atoms with van der Waals surface area (Å²) >= 11 is 0. The fraction of sp³-hybridized carbons (Fsp3) is 0.176. The fourth-order valence-electron chi connectivity index (χ4n) is 2.29. The number of rotatable bonds is 7. The molecule has 2 aromatic carbocycles. The monoisotopic (exact) mass is 299 g/mol. The van der Waals surface area contributed by atoms with E-state index in [1.807, 2.05) is 60.7 Å². The summed E-state index contributed by atoms with van der Waals surface area (Å²) in [5.41, 5.74) is 1.73. The lowest BCUT2D eigenvalue weighted by Crippen LogP contribution is -2.46. The van der Waals surface area contributed by atoms with Crippen LogP contribution < -0.4 is 0 Å². The van der Waals surface area contributed by atoms with Gasteiger partial charge in [-0.05, 0) is 11.1 Å². The molecule has 5 nitrogen and oxygen atoms in total. The van der Waals surface area contributed by atoms with E-state index >= 15 is 0 Å². The highest BCUT2D eigenvalue weighted by molar-refractivity contribution is 5.97. The number of hydrogen-bond acceptors (Lipinski definition) is 3. The molecule has 0 atom stereocenters. The van der Waals surface area contributed by atoms with E-state index in [2.05, 4.69) is 0 Å². The number of aliphatic carboxylic acids is 2. The molecule has 0 amide bonds. The molecule has 0 aliphatic carbocycles. The van der Waals surface area contributed by atoms with Crippen molar-refractivity contribution >= 4 is 11.9 Å². The highest BCUT2D eigenvalue weighted by Gasteiger charge is 2.32. The van der Waals surface area contributed by atoms with Gasteiger partial charge in [0.25, 0.3) is 0 Å². The van der Waals surface area contributed by atoms with Crippen LogP contribution in [0.3, 0.4) is 0 Å². The summed E-state index contributed by atoms with van der Waals surface area (Å²) in [4.78, 5) is 24.1. The van der Waals surface area contributed by atoms with Crippen molar-refractivity contribution in [3.05, 3.63) is 71.8 Å². The average molecular weight is 299 g/mol. The molecule has 0 saturated carbocycles. The van der Waals surface area contributed by atoms with E-state index in [1.54, 1.807) is 0 Å². The summed E-state index contributed by atoms with van der Waals surface area (Å²) in [6, 6.07) is 16.9. The van der Waals surface area contributed by atoms with Crippen LogP contribution in [0.2, 0.25) is 0 Å². The van der Waals surface area contributed by atoms with Crippen molar-refractivity contribution in [2.45, 2.75) is 19.1 Å². The smallest absolute Gasteiger partial charge is 0.332 e. The number of carboxylic acid groups (broad SMARTS) is 2. The molecule has 0 aliphatic rings. The van der Waals surface area contributed by atoms with E-state index < -0.39 is 18.0 Å². The van der Waals surface area contributed by atoms with E-state index in [0.717, 1.165) is 11.1 Å². The summed E-state index contributed by atoms with van der Waals surface area (Å²) in [7, 11) is 0. The first-order chi connectivity index (χ1) is 10.6. The van der Waals surface area contributed by atoms with E-state index in [1.165, 1.54) is 4.90 Å². The van der Waals surface area contributed by atoms with E-state index in [4.69, 9.17) is 0 Å². The third-order valence-electron chi connectivity index (χ3n) is 3.29. The number of carboxylic acids is 2. The van der Waals surface area contributed by atoms with Gasteiger partial charge in [-0.25, -0.2) is 9.59 Å². The molecular weight excluding hydrogens is 282 g/mol. The molecule has 22 heavy (non-hydrogen) atoms. The number of carbonyl (C=O) groups is 2. The van der Waals surface area contributed by atoms with Gasteiger partial charge in [0.15, 0.2) is 0 Å². The second kappa shape index (κ2) is 7.38. The zero-order valence-electron chi connectivity index (χ0n) is 11.9. The molecule has 0 heterocycles. The highest BCUT2D eigenvalue weighted by atomic mass is 16.4. The molecule has 2 N–H and O–H groups in total. The quantitative estimate of drug-likeness (QED) is 0.767. The number of benzene rings is 2. The van der Waals surface area contributed by atoms with Crippen LogP contribution in [-0.2, 0) is 22.7 Å². The first kappa shape index (κ1) is 15.7. The van der Waals surface area contributed by atoms with Gasteiger partial charge in [0.05, 0.1) is 0 Å². The minimum Gasteiger partial charge on any atom is -0.480 e. The fourth-order valence-corrected chi connectivity index (χ4v) is 2.29. The van der Waals surface area contributed by atoms with Crippen LogP contribution in [0.25, 0.3) is 0 Å². The molecule has 0 radical (unpaired) electrons. The summed E-state index contributed by atoms with van der Waals surface area (Å²) in [5.74, 6) is -2.72. The highest BCUT2D eigenvalue weighted by Crippen LogP contribution is 2.14. The standard InChI is InChI=1S/C17H17NO4/c19-16(20)15(17(21)22)18(11-13-7-3-1-4-8-13)12-14-9-5-2-6-10-14/h1-10,15H,11-12H2,(H,19,20)(H,21,22). The summed E-state index contributed by atoms with van der Waals surface area (Å²) in [5, 5.41) is 18.5. The molecule has 0 saturated heterocycles. The summed E-state index contributed by atoms with van der Waals surface area (Å²) in [6.07, 6.45) is 0. The summed E-state index contributed by atoms with van der Waals surface area (Å²) in [6.45, 7) is 0.498. The lowest BCUT2D eigenvalue weighted by atomic mass is 10.1. The van der Waals surface area contributed by atoms with Crippen molar-refractivity contribution in [2.75, 3.05) is 0 Å². The Morgan fingerprint density at radius 2 is 1.14 bits per heavy atom. The molecule has 0 fully saturated rings. The SMILES string of the molecule is O=C(O)C(C(=O)O)N(Cc1ccccc1)Cc1ccccc1. The Balaban J connectivity index is 2.27. The summed E-state index contributed by atoms with van der Waals surface area (Å²) < 4.78 is 0. The number of nitrogens with zero attached hydrogens (tertiary/aromatic N) is 1. The third kappa shape index (κ3) is 4.17. The van der Waals surface area contributed by atoms with Crippen molar-refractivity contribution in [3.8, 4) is 0 Å². The maximum atomic E-state index is 11.3. The first-order valence-corrected chi connectivity index (χ1v) is 6.85. The predicted octanol–water partition coefficient (Wildman–Crippen LogP) is 2.23. The minimum atomic E-state index is -1.58. The molecule has 2 rings (SSSR count). The van der Waals surface area contributed by atoms with Crippen molar-refractivity contribution in [2.24, 2.45) is 0 Å². The van der Waals surface area contributed by atoms with Gasteiger partial charge in [-0.1, -0.05) is 60.7 Å². The van der Waals surface area contributed by atoms with Gasteiger partial charge in [-0.3, -0.25) is 4.90 Å². The van der Waals surface area contributed by atoms with Crippen LogP contribution in [0.1, 0.15) is 11.1 Å². The van der Waals surface area contributed by atoms with Gasteiger partial charge in [0.1, 0.15) is 0 Å². The predicted molar refractivity (Wildman–Crippen MR) is 81.2 cm³/mol. The van der Waals surface area contributed by atoms with Crippen LogP contribution in [0, 0.1) is 0 Å². The Morgan fingerprint density at radius 1 is 0.773 bits per heavy atom. The average Bonchev–Trinajstić information content (AvgIpc) is 2.48. The Hall–Kier alpha value is -2.66. The van der Waals surface area contributed by atoms with Crippen LogP contribution in [0.4, 0.5) is 0 Å². The number of hydrogen-bond donors (Lipinski definition) is 2. The topological polar surface area (TPSA) is 77.8 Å². The second-order valence-corrected chi connectivity index (χ2v) is 4.96. The van der Waals surface area contributed by atoms with Crippen molar-refractivity contribution in [1.29, 1.82) is 0 Å². The molecule has 114 valence electrons. The van der Waals surface area contributed by atoms with Gasteiger partial charge in [0, 0.05) is 13.1 Å². The lowest BCUT2D eigenvalue weighted by molar-refractivity contribution is -0.157. The van der Waals surface area contributed by atoms with E-state index in [0.29, 0.717) is 0 Å². The molecule has 5 heteroatoms. The van der Waals surface area contributed by atoms with Gasteiger partial charge >= 0.3 is 11.9 Å². The molecule has 0 aliphatic heterocycles. The molecule has 0 aromatic heterocycles. The van der Waals surface area contributed by atoms with Crippen LogP contribution in [0.15, 0.2) is 60.7 Å². The normalized spacial score (nSPS) is 10.8.